The predicted octanol–water partition coefficient (Wildman–Crippen LogP) is 4.60. The molecule has 1 unspecified atom stereocenters. The van der Waals surface area contributed by atoms with Gasteiger partial charge in [0, 0.05) is 6.04 Å². The molecule has 1 nitrogen and oxygen atoms in total. The Kier molecular flexibility index (Phi) is 4.45. The molecule has 0 aromatic heterocycles. The van der Waals surface area contributed by atoms with Crippen molar-refractivity contribution in [3.63, 3.8) is 0 Å². The molecule has 0 radical (unpaired) electrons. The standard InChI is InChI=1S/C17H27N/c1-13(2)16-6-5-7-17(12-16)15(4)18-10-8-14(3)9-11-18/h5-7,12-15H,8-11H2,1-4H3. The highest BCUT2D eigenvalue weighted by Gasteiger charge is 2.21. The lowest BCUT2D eigenvalue weighted by Crippen LogP contribution is -2.35. The molecule has 0 spiro atoms. The summed E-state index contributed by atoms with van der Waals surface area (Å²) in [5.41, 5.74) is 2.94. The molecule has 1 aromatic rings. The maximum absolute atomic E-state index is 2.64. The van der Waals surface area contributed by atoms with Crippen LogP contribution in [-0.4, -0.2) is 18.0 Å². The summed E-state index contributed by atoms with van der Waals surface area (Å²) in [7, 11) is 0. The zero-order chi connectivity index (χ0) is 13.1. The van der Waals surface area contributed by atoms with Gasteiger partial charge in [-0.3, -0.25) is 4.90 Å². The van der Waals surface area contributed by atoms with E-state index in [9.17, 15) is 0 Å². The van der Waals surface area contributed by atoms with E-state index >= 15 is 0 Å². The summed E-state index contributed by atoms with van der Waals surface area (Å²) in [5, 5.41) is 0. The molecule has 1 aliphatic heterocycles. The lowest BCUT2D eigenvalue weighted by molar-refractivity contribution is 0.147. The second kappa shape index (κ2) is 5.88. The topological polar surface area (TPSA) is 3.24 Å². The Hall–Kier alpha value is -0.820. The minimum atomic E-state index is 0.566. The smallest absolute Gasteiger partial charge is 0.0319 e. The van der Waals surface area contributed by atoms with E-state index in [-0.39, 0.29) is 0 Å². The van der Waals surface area contributed by atoms with Gasteiger partial charge in [-0.05, 0) is 55.8 Å². The minimum absolute atomic E-state index is 0.566. The molecule has 1 heteroatoms. The Labute approximate surface area is 112 Å². The first kappa shape index (κ1) is 13.6. The fourth-order valence-corrected chi connectivity index (χ4v) is 2.80. The molecule has 0 amide bonds. The normalized spacial score (nSPS) is 20.3. The number of nitrogens with zero attached hydrogens (tertiary/aromatic N) is 1. The molecule has 1 fully saturated rings. The average molecular weight is 245 g/mol. The van der Waals surface area contributed by atoms with Crippen LogP contribution in [0.2, 0.25) is 0 Å². The molecule has 1 atom stereocenters. The fraction of sp³-hybridized carbons (Fsp3) is 0.647. The summed E-state index contributed by atoms with van der Waals surface area (Å²) in [6, 6.07) is 9.71. The lowest BCUT2D eigenvalue weighted by atomic mass is 9.94. The van der Waals surface area contributed by atoms with Gasteiger partial charge in [-0.25, -0.2) is 0 Å². The number of rotatable bonds is 3. The van der Waals surface area contributed by atoms with E-state index in [1.54, 1.807) is 0 Å². The number of benzene rings is 1. The highest BCUT2D eigenvalue weighted by molar-refractivity contribution is 5.27. The summed E-state index contributed by atoms with van der Waals surface area (Å²) < 4.78 is 0. The van der Waals surface area contributed by atoms with Gasteiger partial charge in [-0.2, -0.15) is 0 Å². The monoisotopic (exact) mass is 245 g/mol. The van der Waals surface area contributed by atoms with Crippen LogP contribution in [0.25, 0.3) is 0 Å². The molecule has 0 saturated carbocycles. The molecule has 18 heavy (non-hydrogen) atoms. The summed E-state index contributed by atoms with van der Waals surface area (Å²) in [6.07, 6.45) is 2.71. The van der Waals surface area contributed by atoms with E-state index < -0.39 is 0 Å². The fourth-order valence-electron chi connectivity index (χ4n) is 2.80. The zero-order valence-electron chi connectivity index (χ0n) is 12.3. The Morgan fingerprint density at radius 3 is 2.28 bits per heavy atom. The van der Waals surface area contributed by atoms with Gasteiger partial charge < -0.3 is 0 Å². The Balaban J connectivity index is 2.08. The molecular formula is C17H27N. The van der Waals surface area contributed by atoms with Crippen molar-refractivity contribution in [2.75, 3.05) is 13.1 Å². The molecular weight excluding hydrogens is 218 g/mol. The number of piperidine rings is 1. The second-order valence-electron chi connectivity index (χ2n) is 6.22. The van der Waals surface area contributed by atoms with Crippen LogP contribution in [0.5, 0.6) is 0 Å². The lowest BCUT2D eigenvalue weighted by Gasteiger charge is -2.35. The van der Waals surface area contributed by atoms with Gasteiger partial charge >= 0.3 is 0 Å². The molecule has 1 heterocycles. The van der Waals surface area contributed by atoms with Gasteiger partial charge in [0.1, 0.15) is 0 Å². The first-order valence-electron chi connectivity index (χ1n) is 7.42. The molecule has 2 rings (SSSR count). The minimum Gasteiger partial charge on any atom is -0.297 e. The van der Waals surface area contributed by atoms with Crippen LogP contribution >= 0.6 is 0 Å². The van der Waals surface area contributed by atoms with Crippen molar-refractivity contribution < 1.29 is 0 Å². The van der Waals surface area contributed by atoms with E-state index in [4.69, 9.17) is 0 Å². The van der Waals surface area contributed by atoms with Crippen molar-refractivity contribution >= 4 is 0 Å². The van der Waals surface area contributed by atoms with Gasteiger partial charge in [0.25, 0.3) is 0 Å². The van der Waals surface area contributed by atoms with Crippen LogP contribution in [0.3, 0.4) is 0 Å². The van der Waals surface area contributed by atoms with E-state index in [1.807, 2.05) is 0 Å². The Morgan fingerprint density at radius 1 is 1.06 bits per heavy atom. The van der Waals surface area contributed by atoms with Crippen LogP contribution in [0.4, 0.5) is 0 Å². The van der Waals surface area contributed by atoms with Crippen molar-refractivity contribution in [2.24, 2.45) is 5.92 Å². The maximum atomic E-state index is 2.64. The summed E-state index contributed by atoms with van der Waals surface area (Å²) in [5.74, 6) is 1.54. The number of hydrogen-bond donors (Lipinski definition) is 0. The third-order valence-electron chi connectivity index (χ3n) is 4.43. The number of hydrogen-bond acceptors (Lipinski definition) is 1. The largest absolute Gasteiger partial charge is 0.297 e. The molecule has 100 valence electrons. The van der Waals surface area contributed by atoms with Crippen LogP contribution < -0.4 is 0 Å². The SMILES string of the molecule is CC1CCN(C(C)c2cccc(C(C)C)c2)CC1. The van der Waals surface area contributed by atoms with Crippen molar-refractivity contribution in [1.82, 2.24) is 4.90 Å². The summed E-state index contributed by atoms with van der Waals surface area (Å²) in [6.45, 7) is 11.8. The Morgan fingerprint density at radius 2 is 1.67 bits per heavy atom. The third-order valence-corrected chi connectivity index (χ3v) is 4.43. The molecule has 1 saturated heterocycles. The highest BCUT2D eigenvalue weighted by atomic mass is 15.2. The zero-order valence-corrected chi connectivity index (χ0v) is 12.3. The van der Waals surface area contributed by atoms with Crippen molar-refractivity contribution in [3.8, 4) is 0 Å². The van der Waals surface area contributed by atoms with E-state index in [2.05, 4.69) is 56.9 Å². The van der Waals surface area contributed by atoms with Crippen molar-refractivity contribution in [3.05, 3.63) is 35.4 Å². The van der Waals surface area contributed by atoms with Gasteiger partial charge in [0.2, 0.25) is 0 Å². The third kappa shape index (κ3) is 3.14. The van der Waals surface area contributed by atoms with Gasteiger partial charge in [0.15, 0.2) is 0 Å². The van der Waals surface area contributed by atoms with Crippen LogP contribution in [0.1, 0.15) is 63.6 Å². The molecule has 0 aliphatic carbocycles. The maximum Gasteiger partial charge on any atom is 0.0319 e. The van der Waals surface area contributed by atoms with E-state index in [0.29, 0.717) is 12.0 Å². The van der Waals surface area contributed by atoms with Crippen LogP contribution in [0, 0.1) is 5.92 Å². The predicted molar refractivity (Wildman–Crippen MR) is 78.9 cm³/mol. The van der Waals surface area contributed by atoms with Crippen molar-refractivity contribution in [1.29, 1.82) is 0 Å². The average Bonchev–Trinajstić information content (AvgIpc) is 2.39. The van der Waals surface area contributed by atoms with Crippen LogP contribution in [0.15, 0.2) is 24.3 Å². The molecule has 0 bridgehead atoms. The van der Waals surface area contributed by atoms with Crippen molar-refractivity contribution in [2.45, 2.75) is 52.5 Å². The van der Waals surface area contributed by atoms with E-state index in [0.717, 1.165) is 5.92 Å². The van der Waals surface area contributed by atoms with Crippen LogP contribution in [-0.2, 0) is 0 Å². The number of likely N-dealkylation sites (tertiary alicyclic amines) is 1. The van der Waals surface area contributed by atoms with Gasteiger partial charge in [0.05, 0.1) is 0 Å². The van der Waals surface area contributed by atoms with Gasteiger partial charge in [-0.1, -0.05) is 45.0 Å². The quantitative estimate of drug-likeness (QED) is 0.752. The Bertz CT molecular complexity index is 375. The summed E-state index contributed by atoms with van der Waals surface area (Å²) in [4.78, 5) is 2.64. The summed E-state index contributed by atoms with van der Waals surface area (Å²) >= 11 is 0. The van der Waals surface area contributed by atoms with E-state index in [1.165, 1.54) is 37.1 Å². The second-order valence-corrected chi connectivity index (χ2v) is 6.22. The highest BCUT2D eigenvalue weighted by Crippen LogP contribution is 2.28. The molecule has 0 N–H and O–H groups in total. The van der Waals surface area contributed by atoms with Gasteiger partial charge in [-0.15, -0.1) is 0 Å². The first-order chi connectivity index (χ1) is 8.58. The molecule has 1 aliphatic rings. The molecule has 1 aromatic carbocycles. The first-order valence-corrected chi connectivity index (χ1v) is 7.42.